The lowest BCUT2D eigenvalue weighted by atomic mass is 9.96. The number of piperidine rings is 1. The van der Waals surface area contributed by atoms with Crippen LogP contribution >= 0.6 is 0 Å². The van der Waals surface area contributed by atoms with E-state index in [0.717, 1.165) is 117 Å². The lowest BCUT2D eigenvalue weighted by molar-refractivity contribution is 0.0788. The molecule has 8 heterocycles. The summed E-state index contributed by atoms with van der Waals surface area (Å²) in [6.45, 7) is 28.7. The maximum atomic E-state index is 13.3. The Morgan fingerprint density at radius 1 is 0.489 bits per heavy atom. The molecule has 2 unspecified atom stereocenters. The highest BCUT2D eigenvalue weighted by Gasteiger charge is 2.39. The predicted molar refractivity (Wildman–Crippen MR) is 354 cm³/mol. The molecule has 5 aromatic carbocycles. The number of carbonyl (C=O) groups is 1. The Labute approximate surface area is 530 Å². The summed E-state index contributed by atoms with van der Waals surface area (Å²) in [6.07, 6.45) is 13.8. The van der Waals surface area contributed by atoms with Gasteiger partial charge in [-0.1, -0.05) is 103 Å². The zero-order valence-corrected chi connectivity index (χ0v) is 52.1. The first-order chi connectivity index (χ1) is 44.4. The van der Waals surface area contributed by atoms with Gasteiger partial charge in [-0.05, 0) is 130 Å². The Bertz CT molecular complexity index is 3720. The van der Waals surface area contributed by atoms with Crippen molar-refractivity contribution in [3.8, 4) is 12.0 Å². The number of carbonyl (C=O) groups excluding carboxylic acids is 1. The SMILES string of the molecule is [C-]#[N+]CC1CCCN(c2nc(OC[C@@H]3CCCN3CC3CC3)nc3c2CCN(c2cccc4ccccc24)C3)C1.[C-]#[N+]CC1CN(c2nc(OC[C@@H]3CCCN3CC3CC3)nc3c2CCN(c2cccc4ccccc24)C3)CCN1C(=O)OCc1ccccc1. The van der Waals surface area contributed by atoms with Gasteiger partial charge in [0.15, 0.2) is 0 Å². The van der Waals surface area contributed by atoms with Gasteiger partial charge in [0.2, 0.25) is 13.1 Å². The van der Waals surface area contributed by atoms with Crippen LogP contribution in [0.4, 0.5) is 27.8 Å². The van der Waals surface area contributed by atoms with Crippen molar-refractivity contribution in [1.29, 1.82) is 0 Å². The van der Waals surface area contributed by atoms with Crippen molar-refractivity contribution in [1.82, 2.24) is 34.6 Å². The third-order valence-corrected chi connectivity index (χ3v) is 20.1. The number of amides is 1. The van der Waals surface area contributed by atoms with E-state index in [0.29, 0.717) is 76.0 Å². The molecule has 17 heteroatoms. The molecule has 2 aliphatic carbocycles. The summed E-state index contributed by atoms with van der Waals surface area (Å²) in [5, 5.41) is 5.01. The van der Waals surface area contributed by atoms with E-state index in [9.17, 15) is 4.79 Å². The summed E-state index contributed by atoms with van der Waals surface area (Å²) in [4.78, 5) is 57.6. The average molecular weight is 1210 g/mol. The topological polar surface area (TPSA) is 128 Å². The van der Waals surface area contributed by atoms with E-state index >= 15 is 0 Å². The summed E-state index contributed by atoms with van der Waals surface area (Å²) >= 11 is 0. The maximum absolute atomic E-state index is 13.3. The number of piperazine rings is 1. The molecule has 1 amide bonds. The van der Waals surface area contributed by atoms with Gasteiger partial charge in [0.1, 0.15) is 37.5 Å². The van der Waals surface area contributed by atoms with Crippen molar-refractivity contribution in [2.75, 3.05) is 118 Å². The molecule has 6 fully saturated rings. The summed E-state index contributed by atoms with van der Waals surface area (Å²) in [6, 6.07) is 41.4. The lowest BCUT2D eigenvalue weighted by Gasteiger charge is -2.40. The lowest BCUT2D eigenvalue weighted by Crippen LogP contribution is -2.57. The number of benzene rings is 5. The number of hydrogen-bond acceptors (Lipinski definition) is 14. The summed E-state index contributed by atoms with van der Waals surface area (Å²) < 4.78 is 18.7. The standard InChI is InChI=1S/C40H45N7O3.C33H40N6O/c1-41-23-33-25-46(21-22-47(33)40(48)50-27-30-9-3-2-4-10-30)38-35-18-20-45(37-15-7-12-31-11-5-6-14-34(31)37)26-36(35)42-39(43-38)49-28-32-13-8-19-44(32)24-29-16-17-29;1-34-19-25-7-5-17-39(21-25)32-29-15-18-38(31-12-4-9-26-8-2-3-11-28(26)31)22-30(29)35-33(36-32)40-23-27-10-6-16-37(27)20-24-13-14-24/h2-7,9-12,14-15,29,32-33H,8,13,16-28H2;2-4,8-9,11-12,24-25,27H,5-7,10,13-23H2/t32-,33?;25?,27-/m00/s1. The Balaban J connectivity index is 0.000000161. The Kier molecular flexibility index (Phi) is 18.1. The molecule has 0 radical (unpaired) electrons. The third kappa shape index (κ3) is 13.7. The van der Waals surface area contributed by atoms with Gasteiger partial charge >= 0.3 is 18.1 Å². The summed E-state index contributed by atoms with van der Waals surface area (Å²) in [5.41, 5.74) is 7.88. The largest absolute Gasteiger partial charge is 0.462 e. The van der Waals surface area contributed by atoms with Gasteiger partial charge in [0, 0.05) is 110 Å². The van der Waals surface area contributed by atoms with Crippen LogP contribution in [0.5, 0.6) is 12.0 Å². The zero-order chi connectivity index (χ0) is 60.8. The van der Waals surface area contributed by atoms with Gasteiger partial charge in [0.05, 0.1) is 24.5 Å². The molecular weight excluding hydrogens is 1120 g/mol. The van der Waals surface area contributed by atoms with E-state index in [4.69, 9.17) is 47.3 Å². The molecule has 8 aliphatic rings. The van der Waals surface area contributed by atoms with Crippen LogP contribution in [-0.2, 0) is 37.3 Å². The number of anilines is 4. The number of ether oxygens (including phenoxy) is 3. The molecule has 2 saturated carbocycles. The highest BCUT2D eigenvalue weighted by Crippen LogP contribution is 2.39. The smallest absolute Gasteiger partial charge is 0.410 e. The second-order valence-electron chi connectivity index (χ2n) is 26.4. The fourth-order valence-corrected chi connectivity index (χ4v) is 15.0. The number of fused-ring (bicyclic) bond motifs is 4. The second-order valence-corrected chi connectivity index (χ2v) is 26.4. The monoisotopic (exact) mass is 1210 g/mol. The minimum absolute atomic E-state index is 0.195. The number of hydrogen-bond donors (Lipinski definition) is 0. The van der Waals surface area contributed by atoms with E-state index in [1.807, 2.05) is 30.3 Å². The number of nitrogens with zero attached hydrogens (tertiary/aromatic N) is 13. The van der Waals surface area contributed by atoms with Crippen LogP contribution in [0.25, 0.3) is 31.2 Å². The highest BCUT2D eigenvalue weighted by molar-refractivity contribution is 5.95. The summed E-state index contributed by atoms with van der Waals surface area (Å²) in [7, 11) is 0. The first kappa shape index (κ1) is 59.4. The van der Waals surface area contributed by atoms with Crippen LogP contribution in [0.1, 0.15) is 92.3 Å². The second kappa shape index (κ2) is 27.5. The highest BCUT2D eigenvalue weighted by atomic mass is 16.6. The van der Waals surface area contributed by atoms with Crippen LogP contribution in [0.2, 0.25) is 0 Å². The molecule has 4 atom stereocenters. The number of aromatic nitrogens is 4. The van der Waals surface area contributed by atoms with E-state index < -0.39 is 0 Å². The molecular formula is C73H85N13O4. The van der Waals surface area contributed by atoms with Crippen LogP contribution < -0.4 is 29.1 Å². The van der Waals surface area contributed by atoms with Gasteiger partial charge in [0.25, 0.3) is 0 Å². The number of likely N-dealkylation sites (tertiary alicyclic amines) is 2. The summed E-state index contributed by atoms with van der Waals surface area (Å²) in [5.74, 6) is 4.07. The van der Waals surface area contributed by atoms with Crippen molar-refractivity contribution < 1.29 is 19.0 Å². The Morgan fingerprint density at radius 3 is 1.57 bits per heavy atom. The normalized spacial score (nSPS) is 21.9. The molecule has 4 saturated heterocycles. The molecule has 0 bridgehead atoms. The molecule has 0 N–H and O–H groups in total. The van der Waals surface area contributed by atoms with Gasteiger partial charge in [-0.3, -0.25) is 14.7 Å². The van der Waals surface area contributed by atoms with E-state index in [1.165, 1.54) is 103 Å². The molecule has 15 rings (SSSR count). The third-order valence-electron chi connectivity index (χ3n) is 20.1. The minimum atomic E-state index is -0.381. The zero-order valence-electron chi connectivity index (χ0n) is 52.1. The van der Waals surface area contributed by atoms with Crippen molar-refractivity contribution in [3.05, 3.63) is 166 Å². The molecule has 6 aliphatic heterocycles. The molecule has 90 heavy (non-hydrogen) atoms. The first-order valence-electron chi connectivity index (χ1n) is 33.5. The fraction of sp³-hybridized carbons (Fsp3) is 0.493. The first-order valence-corrected chi connectivity index (χ1v) is 33.5. The maximum Gasteiger partial charge on any atom is 0.410 e. The molecule has 7 aromatic rings. The molecule has 2 aromatic heterocycles. The van der Waals surface area contributed by atoms with Crippen molar-refractivity contribution in [2.24, 2.45) is 17.8 Å². The van der Waals surface area contributed by atoms with Gasteiger partial charge < -0.3 is 43.5 Å². The Morgan fingerprint density at radius 2 is 1.01 bits per heavy atom. The molecule has 466 valence electrons. The Hall–Kier alpha value is -8.25. The van der Waals surface area contributed by atoms with Crippen molar-refractivity contribution in [3.63, 3.8) is 0 Å². The quantitative estimate of drug-likeness (QED) is 0.0756. The fourth-order valence-electron chi connectivity index (χ4n) is 15.0. The van der Waals surface area contributed by atoms with E-state index in [-0.39, 0.29) is 25.3 Å². The van der Waals surface area contributed by atoms with Gasteiger partial charge in [-0.25, -0.2) is 17.9 Å². The van der Waals surface area contributed by atoms with Crippen molar-refractivity contribution in [2.45, 2.75) is 115 Å². The van der Waals surface area contributed by atoms with Crippen LogP contribution in [0.3, 0.4) is 0 Å². The van der Waals surface area contributed by atoms with Crippen LogP contribution in [0, 0.1) is 30.9 Å². The minimum Gasteiger partial charge on any atom is -0.462 e. The van der Waals surface area contributed by atoms with Crippen molar-refractivity contribution >= 4 is 50.6 Å². The van der Waals surface area contributed by atoms with Crippen LogP contribution in [0.15, 0.2) is 115 Å². The van der Waals surface area contributed by atoms with Crippen LogP contribution in [-0.4, -0.2) is 157 Å². The average Bonchev–Trinajstić information content (AvgIpc) is 1.92. The van der Waals surface area contributed by atoms with Gasteiger partial charge in [-0.15, -0.1) is 0 Å². The predicted octanol–water partition coefficient (Wildman–Crippen LogP) is 11.8. The number of rotatable bonds is 18. The van der Waals surface area contributed by atoms with E-state index in [2.05, 4.69) is 124 Å². The molecule has 17 nitrogen and oxygen atoms in total. The molecule has 0 spiro atoms. The van der Waals surface area contributed by atoms with Gasteiger partial charge in [-0.2, -0.15) is 19.9 Å². The van der Waals surface area contributed by atoms with E-state index in [1.54, 1.807) is 4.90 Å².